The lowest BCUT2D eigenvalue weighted by atomic mass is 10.1. The fourth-order valence-electron chi connectivity index (χ4n) is 2.06. The van der Waals surface area contributed by atoms with Gasteiger partial charge < -0.3 is 10.5 Å². The van der Waals surface area contributed by atoms with Crippen LogP contribution in [0.1, 0.15) is 22.3 Å². The Labute approximate surface area is 113 Å². The number of aryl methyl sites for hydroxylation is 2. The van der Waals surface area contributed by atoms with Crippen molar-refractivity contribution in [2.24, 2.45) is 5.73 Å². The van der Waals surface area contributed by atoms with Crippen molar-refractivity contribution in [2.45, 2.75) is 27.0 Å². The van der Waals surface area contributed by atoms with Crippen molar-refractivity contribution in [1.82, 2.24) is 0 Å². The molecule has 0 unspecified atom stereocenters. The van der Waals surface area contributed by atoms with E-state index in [0.29, 0.717) is 12.2 Å². The monoisotopic (exact) mass is 259 g/mol. The molecule has 0 heterocycles. The van der Waals surface area contributed by atoms with Gasteiger partial charge in [0, 0.05) is 12.1 Å². The van der Waals surface area contributed by atoms with E-state index >= 15 is 0 Å². The summed E-state index contributed by atoms with van der Waals surface area (Å²) in [6.07, 6.45) is 0. The highest BCUT2D eigenvalue weighted by Crippen LogP contribution is 2.23. The minimum atomic E-state index is -0.265. The standard InChI is InChI=1S/C16H18FNO/c1-11-4-3-5-12(2)16(11)19-10-13-6-7-15(17)14(8-13)9-18/h3-8H,9-10,18H2,1-2H3. The molecule has 0 radical (unpaired) electrons. The van der Waals surface area contributed by atoms with Gasteiger partial charge in [-0.3, -0.25) is 0 Å². The summed E-state index contributed by atoms with van der Waals surface area (Å²) in [7, 11) is 0. The van der Waals surface area contributed by atoms with Crippen LogP contribution in [-0.4, -0.2) is 0 Å². The first-order valence-corrected chi connectivity index (χ1v) is 6.28. The Morgan fingerprint density at radius 2 is 1.79 bits per heavy atom. The predicted octanol–water partition coefficient (Wildman–Crippen LogP) is 3.48. The molecule has 2 aromatic carbocycles. The van der Waals surface area contributed by atoms with Crippen molar-refractivity contribution in [3.63, 3.8) is 0 Å². The molecule has 0 spiro atoms. The van der Waals surface area contributed by atoms with Gasteiger partial charge >= 0.3 is 0 Å². The molecule has 0 amide bonds. The highest BCUT2D eigenvalue weighted by atomic mass is 19.1. The Bertz CT molecular complexity index is 561. The minimum Gasteiger partial charge on any atom is -0.488 e. The normalized spacial score (nSPS) is 10.5. The molecule has 2 aromatic rings. The van der Waals surface area contributed by atoms with Crippen LogP contribution in [0.15, 0.2) is 36.4 Å². The van der Waals surface area contributed by atoms with Gasteiger partial charge in [0.05, 0.1) is 0 Å². The molecular weight excluding hydrogens is 241 g/mol. The van der Waals surface area contributed by atoms with Gasteiger partial charge in [-0.15, -0.1) is 0 Å². The van der Waals surface area contributed by atoms with Crippen molar-refractivity contribution in [1.29, 1.82) is 0 Å². The van der Waals surface area contributed by atoms with Crippen LogP contribution in [0.2, 0.25) is 0 Å². The van der Waals surface area contributed by atoms with E-state index < -0.39 is 0 Å². The first-order valence-electron chi connectivity index (χ1n) is 6.28. The Morgan fingerprint density at radius 1 is 1.11 bits per heavy atom. The summed E-state index contributed by atoms with van der Waals surface area (Å²) in [6, 6.07) is 10.9. The van der Waals surface area contributed by atoms with E-state index in [0.717, 1.165) is 22.4 Å². The maximum absolute atomic E-state index is 13.3. The lowest BCUT2D eigenvalue weighted by molar-refractivity contribution is 0.301. The van der Waals surface area contributed by atoms with Gasteiger partial charge in [0.2, 0.25) is 0 Å². The SMILES string of the molecule is Cc1cccc(C)c1OCc1ccc(F)c(CN)c1. The average Bonchev–Trinajstić information content (AvgIpc) is 2.40. The van der Waals surface area contributed by atoms with Crippen molar-refractivity contribution >= 4 is 0 Å². The summed E-state index contributed by atoms with van der Waals surface area (Å²) in [5, 5.41) is 0. The largest absolute Gasteiger partial charge is 0.488 e. The van der Waals surface area contributed by atoms with E-state index in [-0.39, 0.29) is 12.4 Å². The first kappa shape index (κ1) is 13.6. The summed E-state index contributed by atoms with van der Waals surface area (Å²) in [4.78, 5) is 0. The summed E-state index contributed by atoms with van der Waals surface area (Å²) >= 11 is 0. The second kappa shape index (κ2) is 5.85. The molecule has 0 saturated heterocycles. The molecule has 0 aliphatic rings. The van der Waals surface area contributed by atoms with Crippen LogP contribution in [0.5, 0.6) is 5.75 Å². The zero-order chi connectivity index (χ0) is 13.8. The number of rotatable bonds is 4. The van der Waals surface area contributed by atoms with Crippen LogP contribution >= 0.6 is 0 Å². The molecule has 0 saturated carbocycles. The first-order chi connectivity index (χ1) is 9.11. The van der Waals surface area contributed by atoms with Crippen LogP contribution in [-0.2, 0) is 13.2 Å². The van der Waals surface area contributed by atoms with E-state index in [1.807, 2.05) is 32.0 Å². The molecule has 0 aliphatic carbocycles. The van der Waals surface area contributed by atoms with Crippen molar-refractivity contribution in [3.8, 4) is 5.75 Å². The van der Waals surface area contributed by atoms with E-state index in [1.165, 1.54) is 6.07 Å². The van der Waals surface area contributed by atoms with Crippen molar-refractivity contribution in [2.75, 3.05) is 0 Å². The molecule has 100 valence electrons. The molecule has 19 heavy (non-hydrogen) atoms. The Balaban J connectivity index is 2.15. The van der Waals surface area contributed by atoms with Crippen LogP contribution < -0.4 is 10.5 Å². The van der Waals surface area contributed by atoms with E-state index in [1.54, 1.807) is 12.1 Å². The third-order valence-corrected chi connectivity index (χ3v) is 3.12. The Kier molecular flexibility index (Phi) is 4.17. The maximum atomic E-state index is 13.3. The fraction of sp³-hybridized carbons (Fsp3) is 0.250. The van der Waals surface area contributed by atoms with Gasteiger partial charge in [-0.1, -0.05) is 24.3 Å². The van der Waals surface area contributed by atoms with Crippen LogP contribution in [0.3, 0.4) is 0 Å². The van der Waals surface area contributed by atoms with Crippen LogP contribution in [0.4, 0.5) is 4.39 Å². The average molecular weight is 259 g/mol. The molecule has 3 heteroatoms. The van der Waals surface area contributed by atoms with Gasteiger partial charge in [-0.25, -0.2) is 4.39 Å². The number of ether oxygens (including phenoxy) is 1. The van der Waals surface area contributed by atoms with Crippen LogP contribution in [0.25, 0.3) is 0 Å². The molecule has 2 nitrogen and oxygen atoms in total. The third kappa shape index (κ3) is 3.12. The molecule has 0 bridgehead atoms. The third-order valence-electron chi connectivity index (χ3n) is 3.12. The second-order valence-corrected chi connectivity index (χ2v) is 4.64. The summed E-state index contributed by atoms with van der Waals surface area (Å²) in [5.41, 5.74) is 9.13. The number of hydrogen-bond donors (Lipinski definition) is 1. The molecule has 2 rings (SSSR count). The van der Waals surface area contributed by atoms with Crippen molar-refractivity contribution < 1.29 is 9.13 Å². The summed E-state index contributed by atoms with van der Waals surface area (Å²) < 4.78 is 19.2. The van der Waals surface area contributed by atoms with E-state index in [4.69, 9.17) is 10.5 Å². The van der Waals surface area contributed by atoms with Gasteiger partial charge in [0.25, 0.3) is 0 Å². The quantitative estimate of drug-likeness (QED) is 0.912. The summed E-state index contributed by atoms with van der Waals surface area (Å²) in [6.45, 7) is 4.64. The zero-order valence-corrected chi connectivity index (χ0v) is 11.2. The maximum Gasteiger partial charge on any atom is 0.127 e. The highest BCUT2D eigenvalue weighted by molar-refractivity contribution is 5.40. The molecule has 0 atom stereocenters. The van der Waals surface area contributed by atoms with Gasteiger partial charge in [0.1, 0.15) is 18.2 Å². The number of benzene rings is 2. The van der Waals surface area contributed by atoms with Gasteiger partial charge in [-0.05, 0) is 42.7 Å². The van der Waals surface area contributed by atoms with E-state index in [2.05, 4.69) is 0 Å². The lowest BCUT2D eigenvalue weighted by Gasteiger charge is -2.12. The smallest absolute Gasteiger partial charge is 0.127 e. The minimum absolute atomic E-state index is 0.197. The molecule has 2 N–H and O–H groups in total. The topological polar surface area (TPSA) is 35.2 Å². The number of hydrogen-bond acceptors (Lipinski definition) is 2. The van der Waals surface area contributed by atoms with E-state index in [9.17, 15) is 4.39 Å². The van der Waals surface area contributed by atoms with Gasteiger partial charge in [0.15, 0.2) is 0 Å². The molecule has 0 aromatic heterocycles. The fourth-order valence-corrected chi connectivity index (χ4v) is 2.06. The second-order valence-electron chi connectivity index (χ2n) is 4.64. The summed E-state index contributed by atoms with van der Waals surface area (Å²) in [5.74, 6) is 0.624. The number of halogens is 1. The lowest BCUT2D eigenvalue weighted by Crippen LogP contribution is -2.03. The Hall–Kier alpha value is -1.87. The number of nitrogens with two attached hydrogens (primary N) is 1. The number of para-hydroxylation sites is 1. The van der Waals surface area contributed by atoms with Crippen LogP contribution in [0, 0.1) is 19.7 Å². The Morgan fingerprint density at radius 3 is 2.42 bits per heavy atom. The molecular formula is C16H18FNO. The highest BCUT2D eigenvalue weighted by Gasteiger charge is 2.05. The molecule has 0 fully saturated rings. The van der Waals surface area contributed by atoms with Crippen molar-refractivity contribution in [3.05, 3.63) is 64.5 Å². The predicted molar refractivity (Wildman–Crippen MR) is 74.5 cm³/mol. The van der Waals surface area contributed by atoms with Gasteiger partial charge in [-0.2, -0.15) is 0 Å². The molecule has 0 aliphatic heterocycles. The zero-order valence-electron chi connectivity index (χ0n) is 11.2.